The molecule has 28 heavy (non-hydrogen) atoms. The number of nitrogens with zero attached hydrogens (tertiary/aromatic N) is 2. The first-order valence-corrected chi connectivity index (χ1v) is 10.1. The second-order valence-electron chi connectivity index (χ2n) is 6.24. The number of anilines is 1. The van der Waals surface area contributed by atoms with E-state index in [1.807, 2.05) is 78.2 Å². The molecule has 0 aliphatic carbocycles. The zero-order chi connectivity index (χ0) is 19.3. The minimum Gasteiger partial charge on any atom is -0.279 e. The first kappa shape index (κ1) is 18.4. The van der Waals surface area contributed by atoms with Gasteiger partial charge in [-0.25, -0.2) is 4.98 Å². The van der Waals surface area contributed by atoms with Crippen molar-refractivity contribution in [2.45, 2.75) is 6.54 Å². The third kappa shape index (κ3) is 3.98. The van der Waals surface area contributed by atoms with Gasteiger partial charge >= 0.3 is 0 Å². The Kier molecular flexibility index (Phi) is 5.51. The standard InChI is InChI=1S/C23H17ClN2OS/c24-20-14-8-7-13-19(20)22(27)26(15-17-9-3-1-4-10-17)23-25-21(16-28-23)18-11-5-2-6-12-18/h1-14,16H,15H2. The monoisotopic (exact) mass is 404 g/mol. The number of amides is 1. The van der Waals surface area contributed by atoms with E-state index >= 15 is 0 Å². The molecule has 0 aliphatic rings. The zero-order valence-electron chi connectivity index (χ0n) is 15.0. The second kappa shape index (κ2) is 8.38. The van der Waals surface area contributed by atoms with Crippen LogP contribution >= 0.6 is 22.9 Å². The highest BCUT2D eigenvalue weighted by atomic mass is 35.5. The minimum atomic E-state index is -0.164. The number of hydrogen-bond acceptors (Lipinski definition) is 3. The maximum atomic E-state index is 13.3. The summed E-state index contributed by atoms with van der Waals surface area (Å²) in [5, 5.41) is 3.06. The fourth-order valence-corrected chi connectivity index (χ4v) is 3.95. The molecule has 4 aromatic rings. The summed E-state index contributed by atoms with van der Waals surface area (Å²) in [6.45, 7) is 0.423. The number of rotatable bonds is 5. The SMILES string of the molecule is O=C(c1ccccc1Cl)N(Cc1ccccc1)c1nc(-c2ccccc2)cs1. The highest BCUT2D eigenvalue weighted by molar-refractivity contribution is 7.14. The Morgan fingerprint density at radius 1 is 0.893 bits per heavy atom. The Morgan fingerprint density at radius 3 is 2.25 bits per heavy atom. The highest BCUT2D eigenvalue weighted by Crippen LogP contribution is 2.30. The molecule has 0 saturated carbocycles. The van der Waals surface area contributed by atoms with E-state index < -0.39 is 0 Å². The van der Waals surface area contributed by atoms with Crippen LogP contribution in [0.25, 0.3) is 11.3 Å². The van der Waals surface area contributed by atoms with E-state index in [0.29, 0.717) is 22.3 Å². The fourth-order valence-electron chi connectivity index (χ4n) is 2.90. The topological polar surface area (TPSA) is 33.2 Å². The summed E-state index contributed by atoms with van der Waals surface area (Å²) < 4.78 is 0. The quantitative estimate of drug-likeness (QED) is 0.390. The molecule has 0 spiro atoms. The van der Waals surface area contributed by atoms with Gasteiger partial charge in [0.1, 0.15) is 0 Å². The van der Waals surface area contributed by atoms with Crippen LogP contribution in [0.4, 0.5) is 5.13 Å². The summed E-state index contributed by atoms with van der Waals surface area (Å²) in [5.41, 5.74) is 3.37. The summed E-state index contributed by atoms with van der Waals surface area (Å²) in [6.07, 6.45) is 0. The van der Waals surface area contributed by atoms with Crippen LogP contribution in [0, 0.1) is 0 Å². The predicted octanol–water partition coefficient (Wildman–Crippen LogP) is 6.31. The lowest BCUT2D eigenvalue weighted by atomic mass is 10.1. The second-order valence-corrected chi connectivity index (χ2v) is 7.48. The van der Waals surface area contributed by atoms with Gasteiger partial charge in [0.15, 0.2) is 5.13 Å². The average Bonchev–Trinajstić information content (AvgIpc) is 3.23. The molecular weight excluding hydrogens is 388 g/mol. The summed E-state index contributed by atoms with van der Waals surface area (Å²) in [7, 11) is 0. The molecule has 1 aromatic heterocycles. The van der Waals surface area contributed by atoms with Gasteiger partial charge in [0.25, 0.3) is 5.91 Å². The Labute approximate surface area is 172 Å². The molecule has 3 aromatic carbocycles. The van der Waals surface area contributed by atoms with Crippen molar-refractivity contribution in [2.24, 2.45) is 0 Å². The van der Waals surface area contributed by atoms with Crippen molar-refractivity contribution in [1.29, 1.82) is 0 Å². The Hall–Kier alpha value is -2.95. The van der Waals surface area contributed by atoms with E-state index in [1.54, 1.807) is 17.0 Å². The van der Waals surface area contributed by atoms with Gasteiger partial charge < -0.3 is 0 Å². The number of carbonyl (C=O) groups is 1. The van der Waals surface area contributed by atoms with Gasteiger partial charge in [-0.05, 0) is 17.7 Å². The first-order valence-electron chi connectivity index (χ1n) is 8.83. The molecular formula is C23H17ClN2OS. The first-order chi connectivity index (χ1) is 13.7. The molecule has 3 nitrogen and oxygen atoms in total. The lowest BCUT2D eigenvalue weighted by Gasteiger charge is -2.20. The Morgan fingerprint density at radius 2 is 1.54 bits per heavy atom. The molecule has 5 heteroatoms. The van der Waals surface area contributed by atoms with Gasteiger partial charge in [0, 0.05) is 10.9 Å². The van der Waals surface area contributed by atoms with Crippen molar-refractivity contribution in [3.05, 3.63) is 106 Å². The average molecular weight is 405 g/mol. The van der Waals surface area contributed by atoms with Crippen molar-refractivity contribution in [2.75, 3.05) is 4.90 Å². The van der Waals surface area contributed by atoms with Crippen LogP contribution in [-0.4, -0.2) is 10.9 Å². The summed E-state index contributed by atoms with van der Waals surface area (Å²) >= 11 is 7.74. The van der Waals surface area contributed by atoms with Gasteiger partial charge in [0.2, 0.25) is 0 Å². The molecule has 0 saturated heterocycles. The summed E-state index contributed by atoms with van der Waals surface area (Å²) in [6, 6.07) is 26.9. The molecule has 4 rings (SSSR count). The third-order valence-electron chi connectivity index (χ3n) is 4.33. The largest absolute Gasteiger partial charge is 0.279 e. The molecule has 0 atom stereocenters. The smallest absolute Gasteiger partial charge is 0.261 e. The molecule has 0 N–H and O–H groups in total. The minimum absolute atomic E-state index is 0.164. The van der Waals surface area contributed by atoms with Crippen LogP contribution in [-0.2, 0) is 6.54 Å². The van der Waals surface area contributed by atoms with Crippen molar-refractivity contribution < 1.29 is 4.79 Å². The molecule has 0 unspecified atom stereocenters. The van der Waals surface area contributed by atoms with Crippen LogP contribution in [0.15, 0.2) is 90.3 Å². The maximum absolute atomic E-state index is 13.3. The number of carbonyl (C=O) groups excluding carboxylic acids is 1. The normalized spacial score (nSPS) is 10.6. The van der Waals surface area contributed by atoms with Gasteiger partial charge in [-0.2, -0.15) is 0 Å². The van der Waals surface area contributed by atoms with Gasteiger partial charge in [-0.15, -0.1) is 11.3 Å². The van der Waals surface area contributed by atoms with Crippen LogP contribution < -0.4 is 4.90 Å². The third-order valence-corrected chi connectivity index (χ3v) is 5.52. The Bertz CT molecular complexity index is 1080. The number of hydrogen-bond donors (Lipinski definition) is 0. The van der Waals surface area contributed by atoms with Gasteiger partial charge in [-0.1, -0.05) is 84.4 Å². The Balaban J connectivity index is 1.72. The van der Waals surface area contributed by atoms with Crippen molar-refractivity contribution in [1.82, 2.24) is 4.98 Å². The van der Waals surface area contributed by atoms with Gasteiger partial charge in [-0.3, -0.25) is 9.69 Å². The van der Waals surface area contributed by atoms with Crippen LogP contribution in [0.3, 0.4) is 0 Å². The summed E-state index contributed by atoms with van der Waals surface area (Å²) in [5.74, 6) is -0.164. The van der Waals surface area contributed by atoms with E-state index in [-0.39, 0.29) is 5.91 Å². The van der Waals surface area contributed by atoms with E-state index in [0.717, 1.165) is 16.8 Å². The van der Waals surface area contributed by atoms with Gasteiger partial charge in [0.05, 0.1) is 22.8 Å². The maximum Gasteiger partial charge on any atom is 0.261 e. The van der Waals surface area contributed by atoms with E-state index in [9.17, 15) is 4.79 Å². The molecule has 138 valence electrons. The molecule has 0 aliphatic heterocycles. The lowest BCUT2D eigenvalue weighted by molar-refractivity contribution is 0.0985. The highest BCUT2D eigenvalue weighted by Gasteiger charge is 2.23. The van der Waals surface area contributed by atoms with Crippen LogP contribution in [0.1, 0.15) is 15.9 Å². The number of aromatic nitrogens is 1. The molecule has 0 fully saturated rings. The van der Waals surface area contributed by atoms with Crippen molar-refractivity contribution in [3.63, 3.8) is 0 Å². The number of halogens is 1. The van der Waals surface area contributed by atoms with Crippen molar-refractivity contribution in [3.8, 4) is 11.3 Å². The number of thiazole rings is 1. The zero-order valence-corrected chi connectivity index (χ0v) is 16.5. The van der Waals surface area contributed by atoms with E-state index in [4.69, 9.17) is 16.6 Å². The fraction of sp³-hybridized carbons (Fsp3) is 0.0435. The molecule has 1 amide bonds. The van der Waals surface area contributed by atoms with Crippen LogP contribution in [0.2, 0.25) is 5.02 Å². The van der Waals surface area contributed by atoms with Crippen molar-refractivity contribution >= 4 is 34.0 Å². The molecule has 0 bridgehead atoms. The van der Waals surface area contributed by atoms with E-state index in [1.165, 1.54) is 11.3 Å². The molecule has 1 heterocycles. The predicted molar refractivity (Wildman–Crippen MR) is 116 cm³/mol. The lowest BCUT2D eigenvalue weighted by Crippen LogP contribution is -2.30. The molecule has 0 radical (unpaired) electrons. The van der Waals surface area contributed by atoms with Crippen LogP contribution in [0.5, 0.6) is 0 Å². The number of benzene rings is 3. The van der Waals surface area contributed by atoms with E-state index in [2.05, 4.69) is 0 Å². The summed E-state index contributed by atoms with van der Waals surface area (Å²) in [4.78, 5) is 19.7.